The fourth-order valence-corrected chi connectivity index (χ4v) is 2.06. The molecule has 0 radical (unpaired) electrons. The minimum absolute atomic E-state index is 0.633. The Bertz CT molecular complexity index is 571. The van der Waals surface area contributed by atoms with Gasteiger partial charge in [-0.15, -0.1) is 0 Å². The molecule has 0 spiro atoms. The molecule has 3 heteroatoms. The van der Waals surface area contributed by atoms with Crippen LogP contribution in [0.15, 0.2) is 34.5 Å². The molecule has 1 heterocycles. The van der Waals surface area contributed by atoms with E-state index in [0.29, 0.717) is 12.8 Å². The Morgan fingerprint density at radius 3 is 2.89 bits per heavy atom. The Balaban J connectivity index is 2.20. The lowest BCUT2D eigenvalue weighted by atomic mass is 10.0. The van der Waals surface area contributed by atoms with Gasteiger partial charge in [-0.2, -0.15) is 0 Å². The average Bonchev–Trinajstić information content (AvgIpc) is 2.84. The van der Waals surface area contributed by atoms with Crippen LogP contribution < -0.4 is 0 Å². The third-order valence-electron chi connectivity index (χ3n) is 3.28. The molecular weight excluding hydrogens is 241 g/mol. The fourth-order valence-electron chi connectivity index (χ4n) is 2.06. The number of nitrogens with zero attached hydrogens (tertiary/aromatic N) is 1. The first-order chi connectivity index (χ1) is 9.26. The van der Waals surface area contributed by atoms with Gasteiger partial charge >= 0.3 is 0 Å². The summed E-state index contributed by atoms with van der Waals surface area (Å²) in [5, 5.41) is 0. The Kier molecular flexibility index (Phi) is 4.72. The number of rotatable bonds is 6. The van der Waals surface area contributed by atoms with Crippen LogP contribution in [0.3, 0.4) is 0 Å². The molecule has 0 aliphatic rings. The summed E-state index contributed by atoms with van der Waals surface area (Å²) in [6.07, 6.45) is 5.17. The average molecular weight is 261 g/mol. The lowest BCUT2D eigenvalue weighted by Gasteiger charge is -2.02. The number of hydrogen-bond acceptors (Lipinski definition) is 2. The van der Waals surface area contributed by atoms with Crippen LogP contribution in [-0.4, -0.2) is 4.98 Å². The number of halogens is 1. The normalized spacial score (nSPS) is 12.3. The molecule has 0 amide bonds. The molecule has 102 valence electrons. The van der Waals surface area contributed by atoms with E-state index in [0.717, 1.165) is 53.8 Å². The van der Waals surface area contributed by atoms with Crippen LogP contribution in [0.1, 0.15) is 44.6 Å². The minimum Gasteiger partial charge on any atom is -0.441 e. The number of aryl methyl sites for hydroxylation is 1. The molecule has 1 aromatic heterocycles. The smallest absolute Gasteiger partial charge is 0.195 e. The molecule has 0 unspecified atom stereocenters. The molecule has 0 bridgehead atoms. The van der Waals surface area contributed by atoms with Crippen LogP contribution in [0.5, 0.6) is 0 Å². The van der Waals surface area contributed by atoms with Crippen LogP contribution in [0.25, 0.3) is 11.1 Å². The maximum absolute atomic E-state index is 12.6. The van der Waals surface area contributed by atoms with Crippen LogP contribution in [0.2, 0.25) is 0 Å². The van der Waals surface area contributed by atoms with Gasteiger partial charge in [-0.1, -0.05) is 26.3 Å². The van der Waals surface area contributed by atoms with Crippen molar-refractivity contribution in [3.63, 3.8) is 0 Å². The second-order valence-electron chi connectivity index (χ2n) is 4.81. The predicted octanol–water partition coefficient (Wildman–Crippen LogP) is 4.98. The van der Waals surface area contributed by atoms with Crippen molar-refractivity contribution in [3.8, 4) is 0 Å². The van der Waals surface area contributed by atoms with E-state index in [2.05, 4.69) is 11.9 Å². The van der Waals surface area contributed by atoms with Crippen molar-refractivity contribution in [1.29, 1.82) is 0 Å². The standard InChI is InChI=1S/C16H20FNO/c1-3-5-6-16-18-14-8-7-13(10-15(14)19-16)9-12(4-2)11-17/h7-8,10-11H,3-6,9H2,1-2H3/b12-11+. The highest BCUT2D eigenvalue weighted by atomic mass is 19.1. The van der Waals surface area contributed by atoms with Gasteiger partial charge in [0.1, 0.15) is 5.52 Å². The fraction of sp³-hybridized carbons (Fsp3) is 0.438. The van der Waals surface area contributed by atoms with E-state index in [1.807, 2.05) is 25.1 Å². The first-order valence-corrected chi connectivity index (χ1v) is 6.93. The van der Waals surface area contributed by atoms with Crippen molar-refractivity contribution in [3.05, 3.63) is 41.6 Å². The minimum atomic E-state index is 0.633. The van der Waals surface area contributed by atoms with Gasteiger partial charge in [0.25, 0.3) is 0 Å². The van der Waals surface area contributed by atoms with Crippen LogP contribution in [0.4, 0.5) is 4.39 Å². The molecule has 0 aliphatic heterocycles. The molecule has 0 saturated carbocycles. The summed E-state index contributed by atoms with van der Waals surface area (Å²) in [5.41, 5.74) is 3.55. The maximum atomic E-state index is 12.6. The summed E-state index contributed by atoms with van der Waals surface area (Å²) >= 11 is 0. The summed E-state index contributed by atoms with van der Waals surface area (Å²) in [4.78, 5) is 4.46. The maximum Gasteiger partial charge on any atom is 0.195 e. The zero-order chi connectivity index (χ0) is 13.7. The second kappa shape index (κ2) is 6.50. The first-order valence-electron chi connectivity index (χ1n) is 6.93. The van der Waals surface area contributed by atoms with Gasteiger partial charge in [0, 0.05) is 6.42 Å². The lowest BCUT2D eigenvalue weighted by molar-refractivity contribution is 0.517. The topological polar surface area (TPSA) is 26.0 Å². The van der Waals surface area contributed by atoms with Crippen LogP contribution >= 0.6 is 0 Å². The molecule has 0 atom stereocenters. The van der Waals surface area contributed by atoms with Gasteiger partial charge in [-0.25, -0.2) is 9.37 Å². The van der Waals surface area contributed by atoms with E-state index in [1.54, 1.807) is 0 Å². The number of oxazole rings is 1. The van der Waals surface area contributed by atoms with Crippen molar-refractivity contribution in [2.75, 3.05) is 0 Å². The molecule has 2 rings (SSSR count). The number of allylic oxidation sites excluding steroid dienone is 1. The van der Waals surface area contributed by atoms with Crippen LogP contribution in [-0.2, 0) is 12.8 Å². The number of benzene rings is 1. The van der Waals surface area contributed by atoms with Crippen molar-refractivity contribution in [2.24, 2.45) is 0 Å². The van der Waals surface area contributed by atoms with E-state index >= 15 is 0 Å². The third kappa shape index (κ3) is 3.43. The van der Waals surface area contributed by atoms with Crippen molar-refractivity contribution >= 4 is 11.1 Å². The molecule has 0 N–H and O–H groups in total. The largest absolute Gasteiger partial charge is 0.441 e. The van der Waals surface area contributed by atoms with Crippen molar-refractivity contribution < 1.29 is 8.81 Å². The number of fused-ring (bicyclic) bond motifs is 1. The Labute approximate surface area is 113 Å². The SMILES string of the molecule is CCCCc1nc2ccc(C/C(=C/F)CC)cc2o1. The highest BCUT2D eigenvalue weighted by Gasteiger charge is 2.07. The van der Waals surface area contributed by atoms with E-state index < -0.39 is 0 Å². The van der Waals surface area contributed by atoms with E-state index in [-0.39, 0.29) is 0 Å². The molecule has 19 heavy (non-hydrogen) atoms. The number of aromatic nitrogens is 1. The molecule has 0 aliphatic carbocycles. The zero-order valence-electron chi connectivity index (χ0n) is 11.6. The summed E-state index contributed by atoms with van der Waals surface area (Å²) in [6, 6.07) is 5.92. The molecule has 2 nitrogen and oxygen atoms in total. The molecule has 0 saturated heterocycles. The molecule has 2 aromatic rings. The van der Waals surface area contributed by atoms with Gasteiger partial charge in [0.2, 0.25) is 0 Å². The highest BCUT2D eigenvalue weighted by Crippen LogP contribution is 2.21. The Morgan fingerprint density at radius 1 is 1.37 bits per heavy atom. The van der Waals surface area contributed by atoms with Crippen LogP contribution in [0, 0.1) is 0 Å². The summed E-state index contributed by atoms with van der Waals surface area (Å²) in [5.74, 6) is 0.797. The number of unbranched alkanes of at least 4 members (excludes halogenated alkanes) is 1. The zero-order valence-corrected chi connectivity index (χ0v) is 11.6. The predicted molar refractivity (Wildman–Crippen MR) is 75.8 cm³/mol. The van der Waals surface area contributed by atoms with Gasteiger partial charge in [0.05, 0.1) is 6.33 Å². The van der Waals surface area contributed by atoms with Crippen molar-refractivity contribution in [1.82, 2.24) is 4.98 Å². The molecular formula is C16H20FNO. The Hall–Kier alpha value is -1.64. The Morgan fingerprint density at radius 2 is 2.21 bits per heavy atom. The van der Waals surface area contributed by atoms with Gasteiger partial charge in [0.15, 0.2) is 11.5 Å². The third-order valence-corrected chi connectivity index (χ3v) is 3.28. The first kappa shape index (κ1) is 13.8. The highest BCUT2D eigenvalue weighted by molar-refractivity contribution is 5.73. The van der Waals surface area contributed by atoms with Gasteiger partial charge < -0.3 is 4.42 Å². The molecule has 0 fully saturated rings. The quantitative estimate of drug-likeness (QED) is 0.733. The number of hydrogen-bond donors (Lipinski definition) is 0. The second-order valence-corrected chi connectivity index (χ2v) is 4.81. The van der Waals surface area contributed by atoms with Gasteiger partial charge in [-0.05, 0) is 42.5 Å². The van der Waals surface area contributed by atoms with E-state index in [4.69, 9.17) is 4.42 Å². The summed E-state index contributed by atoms with van der Waals surface area (Å²) in [7, 11) is 0. The van der Waals surface area contributed by atoms with E-state index in [1.165, 1.54) is 0 Å². The molecule has 1 aromatic carbocycles. The van der Waals surface area contributed by atoms with Crippen molar-refractivity contribution in [2.45, 2.75) is 46.0 Å². The monoisotopic (exact) mass is 261 g/mol. The summed E-state index contributed by atoms with van der Waals surface area (Å²) < 4.78 is 18.3. The lowest BCUT2D eigenvalue weighted by Crippen LogP contribution is -1.88. The van der Waals surface area contributed by atoms with Gasteiger partial charge in [-0.3, -0.25) is 0 Å². The van der Waals surface area contributed by atoms with E-state index in [9.17, 15) is 4.39 Å². The summed E-state index contributed by atoms with van der Waals surface area (Å²) in [6.45, 7) is 4.11.